The molecule has 2 rings (SSSR count). The first-order chi connectivity index (χ1) is 9.97. The average Bonchev–Trinajstić information content (AvgIpc) is 2.80. The van der Waals surface area contributed by atoms with Gasteiger partial charge in [-0.15, -0.1) is 0 Å². The number of aryl methyl sites for hydroxylation is 2. The van der Waals surface area contributed by atoms with Gasteiger partial charge in [-0.3, -0.25) is 0 Å². The smallest absolute Gasteiger partial charge is 0.190 e. The fourth-order valence-corrected chi connectivity index (χ4v) is 3.09. The van der Waals surface area contributed by atoms with Crippen LogP contribution in [0.5, 0.6) is 0 Å². The van der Waals surface area contributed by atoms with Crippen molar-refractivity contribution in [3.05, 3.63) is 40.4 Å². The Hall–Kier alpha value is -1.39. The van der Waals surface area contributed by atoms with Crippen LogP contribution in [0.1, 0.15) is 30.0 Å². The highest BCUT2D eigenvalue weighted by molar-refractivity contribution is 7.15. The van der Waals surface area contributed by atoms with E-state index < -0.39 is 0 Å². The summed E-state index contributed by atoms with van der Waals surface area (Å²) < 4.78 is 0. The third-order valence-corrected chi connectivity index (χ3v) is 4.66. The molecule has 3 nitrogen and oxygen atoms in total. The van der Waals surface area contributed by atoms with E-state index in [4.69, 9.17) is 4.98 Å². The number of nitrogens with one attached hydrogen (secondary N) is 1. The Kier molecular flexibility index (Phi) is 5.37. The number of thiazole rings is 1. The summed E-state index contributed by atoms with van der Waals surface area (Å²) in [5, 5.41) is 4.55. The molecule has 4 heteroatoms. The lowest BCUT2D eigenvalue weighted by Crippen LogP contribution is -2.18. The zero-order valence-electron chi connectivity index (χ0n) is 13.6. The Labute approximate surface area is 132 Å². The second-order valence-corrected chi connectivity index (χ2v) is 6.99. The van der Waals surface area contributed by atoms with E-state index in [0.29, 0.717) is 5.92 Å². The van der Waals surface area contributed by atoms with Crippen LogP contribution < -0.4 is 10.2 Å². The van der Waals surface area contributed by atoms with E-state index in [-0.39, 0.29) is 0 Å². The van der Waals surface area contributed by atoms with E-state index in [0.717, 1.165) is 23.9 Å². The summed E-state index contributed by atoms with van der Waals surface area (Å²) in [6.07, 6.45) is 0. The van der Waals surface area contributed by atoms with Crippen molar-refractivity contribution in [1.82, 2.24) is 10.3 Å². The highest BCUT2D eigenvalue weighted by Crippen LogP contribution is 2.30. The van der Waals surface area contributed by atoms with Crippen molar-refractivity contribution in [2.75, 3.05) is 18.5 Å². The summed E-state index contributed by atoms with van der Waals surface area (Å²) in [5.41, 5.74) is 3.59. The number of benzene rings is 1. The van der Waals surface area contributed by atoms with Crippen molar-refractivity contribution in [3.63, 3.8) is 0 Å². The molecule has 0 saturated carbocycles. The number of hydrogen-bond acceptors (Lipinski definition) is 4. The molecule has 1 N–H and O–H groups in total. The van der Waals surface area contributed by atoms with Gasteiger partial charge in [0.1, 0.15) is 0 Å². The van der Waals surface area contributed by atoms with Crippen molar-refractivity contribution in [1.29, 1.82) is 0 Å². The molecule has 0 unspecified atom stereocenters. The molecule has 1 aromatic heterocycles. The lowest BCUT2D eigenvalue weighted by molar-refractivity contribution is 0.554. The number of aromatic nitrogens is 1. The lowest BCUT2D eigenvalue weighted by atomic mass is 10.2. The Morgan fingerprint density at radius 3 is 2.48 bits per heavy atom. The number of hydrogen-bond donors (Lipinski definition) is 1. The zero-order valence-corrected chi connectivity index (χ0v) is 14.4. The quantitative estimate of drug-likeness (QED) is 0.863. The van der Waals surface area contributed by atoms with Crippen LogP contribution in [0, 0.1) is 19.8 Å². The van der Waals surface area contributed by atoms with Crippen molar-refractivity contribution in [2.45, 2.75) is 34.2 Å². The molecular formula is C17H25N3S. The molecule has 0 atom stereocenters. The monoisotopic (exact) mass is 303 g/mol. The molecule has 0 aliphatic heterocycles. The van der Waals surface area contributed by atoms with Gasteiger partial charge in [-0.25, -0.2) is 4.98 Å². The van der Waals surface area contributed by atoms with Gasteiger partial charge < -0.3 is 10.2 Å². The standard InChI is InChI=1S/C17H25N3S/c1-12(2)10-18-11-16-14(4)19-17(21-16)20(5)15-8-6-13(3)7-9-15/h6-9,12,18H,10-11H2,1-5H3. The highest BCUT2D eigenvalue weighted by atomic mass is 32.1. The van der Waals surface area contributed by atoms with E-state index in [1.807, 2.05) is 0 Å². The molecule has 0 aliphatic carbocycles. The predicted molar refractivity (Wildman–Crippen MR) is 92.6 cm³/mol. The summed E-state index contributed by atoms with van der Waals surface area (Å²) in [6.45, 7) is 10.6. The molecule has 114 valence electrons. The van der Waals surface area contributed by atoms with Crippen molar-refractivity contribution in [3.8, 4) is 0 Å². The molecule has 0 bridgehead atoms. The summed E-state index contributed by atoms with van der Waals surface area (Å²) in [4.78, 5) is 8.19. The third kappa shape index (κ3) is 4.29. The molecule has 0 amide bonds. The van der Waals surface area contributed by atoms with Crippen LogP contribution in [0.25, 0.3) is 0 Å². The number of anilines is 2. The van der Waals surface area contributed by atoms with E-state index in [9.17, 15) is 0 Å². The van der Waals surface area contributed by atoms with Gasteiger partial charge in [0.05, 0.1) is 5.69 Å². The van der Waals surface area contributed by atoms with Gasteiger partial charge in [-0.2, -0.15) is 0 Å². The van der Waals surface area contributed by atoms with Gasteiger partial charge in [0.25, 0.3) is 0 Å². The summed E-state index contributed by atoms with van der Waals surface area (Å²) in [5.74, 6) is 0.674. The van der Waals surface area contributed by atoms with Crippen molar-refractivity contribution in [2.24, 2.45) is 5.92 Å². The van der Waals surface area contributed by atoms with Crippen LogP contribution in [0.15, 0.2) is 24.3 Å². The fraction of sp³-hybridized carbons (Fsp3) is 0.471. The van der Waals surface area contributed by atoms with E-state index in [1.54, 1.807) is 11.3 Å². The maximum atomic E-state index is 4.71. The fourth-order valence-electron chi connectivity index (χ4n) is 2.07. The third-order valence-electron chi connectivity index (χ3n) is 3.43. The topological polar surface area (TPSA) is 28.2 Å². The first-order valence-corrected chi connectivity index (χ1v) is 8.26. The SMILES string of the molecule is Cc1ccc(N(C)c2nc(C)c(CNCC(C)C)s2)cc1. The van der Waals surface area contributed by atoms with Crippen LogP contribution in [-0.4, -0.2) is 18.6 Å². The van der Waals surface area contributed by atoms with Crippen LogP contribution in [-0.2, 0) is 6.54 Å². The summed E-state index contributed by atoms with van der Waals surface area (Å²) >= 11 is 1.77. The molecule has 0 spiro atoms. The van der Waals surface area contributed by atoms with Crippen LogP contribution in [0.4, 0.5) is 10.8 Å². The average molecular weight is 303 g/mol. The highest BCUT2D eigenvalue weighted by Gasteiger charge is 2.12. The van der Waals surface area contributed by atoms with E-state index in [1.165, 1.54) is 16.1 Å². The molecule has 0 aliphatic rings. The second kappa shape index (κ2) is 7.05. The maximum absolute atomic E-state index is 4.71. The minimum atomic E-state index is 0.674. The molecule has 0 radical (unpaired) electrons. The molecule has 2 aromatic rings. The zero-order chi connectivity index (χ0) is 15.4. The molecule has 1 aromatic carbocycles. The maximum Gasteiger partial charge on any atom is 0.190 e. The molecule has 1 heterocycles. The molecule has 0 saturated heterocycles. The molecule has 0 fully saturated rings. The minimum Gasteiger partial charge on any atom is -0.321 e. The van der Waals surface area contributed by atoms with Crippen LogP contribution >= 0.6 is 11.3 Å². The molecular weight excluding hydrogens is 278 g/mol. The normalized spacial score (nSPS) is 11.1. The first-order valence-electron chi connectivity index (χ1n) is 7.44. The van der Waals surface area contributed by atoms with Crippen LogP contribution in [0.3, 0.4) is 0 Å². The van der Waals surface area contributed by atoms with Gasteiger partial charge >= 0.3 is 0 Å². The lowest BCUT2D eigenvalue weighted by Gasteiger charge is -2.15. The largest absolute Gasteiger partial charge is 0.321 e. The van der Waals surface area contributed by atoms with Crippen molar-refractivity contribution >= 4 is 22.2 Å². The minimum absolute atomic E-state index is 0.674. The Bertz CT molecular complexity index is 572. The van der Waals surface area contributed by atoms with Gasteiger partial charge in [0, 0.05) is 24.2 Å². The Morgan fingerprint density at radius 2 is 1.86 bits per heavy atom. The Balaban J connectivity index is 2.08. The predicted octanol–water partition coefficient (Wildman–Crippen LogP) is 4.27. The summed E-state index contributed by atoms with van der Waals surface area (Å²) in [7, 11) is 2.08. The first kappa shape index (κ1) is 16.0. The number of rotatable bonds is 6. The van der Waals surface area contributed by atoms with Crippen LogP contribution in [0.2, 0.25) is 0 Å². The number of nitrogens with zero attached hydrogens (tertiary/aromatic N) is 2. The van der Waals surface area contributed by atoms with Gasteiger partial charge in [0.15, 0.2) is 5.13 Å². The molecule has 21 heavy (non-hydrogen) atoms. The van der Waals surface area contributed by atoms with E-state index in [2.05, 4.69) is 69.2 Å². The van der Waals surface area contributed by atoms with Gasteiger partial charge in [-0.1, -0.05) is 42.9 Å². The Morgan fingerprint density at radius 1 is 1.19 bits per heavy atom. The van der Waals surface area contributed by atoms with Gasteiger partial charge in [0.2, 0.25) is 0 Å². The van der Waals surface area contributed by atoms with Crippen molar-refractivity contribution < 1.29 is 0 Å². The van der Waals surface area contributed by atoms with E-state index >= 15 is 0 Å². The summed E-state index contributed by atoms with van der Waals surface area (Å²) in [6, 6.07) is 8.56. The van der Waals surface area contributed by atoms with Gasteiger partial charge in [-0.05, 0) is 38.4 Å². The second-order valence-electron chi connectivity index (χ2n) is 5.92.